The van der Waals surface area contributed by atoms with Crippen molar-refractivity contribution in [3.8, 4) is 0 Å². The number of hydrogen-bond donors (Lipinski definition) is 1. The van der Waals surface area contributed by atoms with Crippen molar-refractivity contribution < 1.29 is 18.4 Å². The van der Waals surface area contributed by atoms with Gasteiger partial charge in [-0.3, -0.25) is 14.6 Å². The SMILES string of the molecule is CC(=O)N(CCC(=O)NCc1ccncc1)c1ccc(F)cc1F. The fourth-order valence-corrected chi connectivity index (χ4v) is 2.15. The van der Waals surface area contributed by atoms with Crippen molar-refractivity contribution in [1.29, 1.82) is 0 Å². The molecule has 0 aliphatic carbocycles. The Morgan fingerprint density at radius 1 is 1.17 bits per heavy atom. The Labute approximate surface area is 138 Å². The van der Waals surface area contributed by atoms with E-state index in [1.165, 1.54) is 13.0 Å². The fraction of sp³-hybridized carbons (Fsp3) is 0.235. The van der Waals surface area contributed by atoms with Gasteiger partial charge in [-0.05, 0) is 29.8 Å². The Balaban J connectivity index is 1.94. The van der Waals surface area contributed by atoms with Gasteiger partial charge in [-0.25, -0.2) is 8.78 Å². The Morgan fingerprint density at radius 2 is 1.88 bits per heavy atom. The first-order valence-electron chi connectivity index (χ1n) is 7.36. The molecule has 0 radical (unpaired) electrons. The Morgan fingerprint density at radius 3 is 2.50 bits per heavy atom. The van der Waals surface area contributed by atoms with Crippen LogP contribution in [0.3, 0.4) is 0 Å². The molecule has 0 saturated carbocycles. The number of amides is 2. The molecule has 0 fully saturated rings. The predicted octanol–water partition coefficient (Wildman–Crippen LogP) is 2.42. The summed E-state index contributed by atoms with van der Waals surface area (Å²) in [5.41, 5.74) is 0.845. The van der Waals surface area contributed by atoms with Gasteiger partial charge in [0.25, 0.3) is 0 Å². The molecule has 0 saturated heterocycles. The topological polar surface area (TPSA) is 62.3 Å². The van der Waals surface area contributed by atoms with Crippen molar-refractivity contribution >= 4 is 17.5 Å². The highest BCUT2D eigenvalue weighted by atomic mass is 19.1. The average Bonchev–Trinajstić information content (AvgIpc) is 2.55. The number of pyridine rings is 1. The van der Waals surface area contributed by atoms with E-state index in [0.29, 0.717) is 12.6 Å². The van der Waals surface area contributed by atoms with Gasteiger partial charge in [0, 0.05) is 44.9 Å². The van der Waals surface area contributed by atoms with E-state index in [1.54, 1.807) is 24.5 Å². The van der Waals surface area contributed by atoms with Crippen LogP contribution < -0.4 is 10.2 Å². The predicted molar refractivity (Wildman–Crippen MR) is 85.1 cm³/mol. The number of rotatable bonds is 6. The molecule has 2 amide bonds. The fourth-order valence-electron chi connectivity index (χ4n) is 2.15. The maximum atomic E-state index is 13.8. The lowest BCUT2D eigenvalue weighted by Crippen LogP contribution is -2.34. The van der Waals surface area contributed by atoms with Crippen molar-refractivity contribution in [2.24, 2.45) is 0 Å². The summed E-state index contributed by atoms with van der Waals surface area (Å²) in [5, 5.41) is 2.71. The molecular weight excluding hydrogens is 316 g/mol. The molecule has 1 aromatic heterocycles. The summed E-state index contributed by atoms with van der Waals surface area (Å²) in [5.74, 6) is -2.28. The summed E-state index contributed by atoms with van der Waals surface area (Å²) < 4.78 is 26.8. The van der Waals surface area contributed by atoms with Gasteiger partial charge < -0.3 is 10.2 Å². The molecule has 0 aliphatic rings. The third-order valence-corrected chi connectivity index (χ3v) is 3.38. The van der Waals surface area contributed by atoms with Crippen LogP contribution in [0.1, 0.15) is 18.9 Å². The van der Waals surface area contributed by atoms with E-state index in [-0.39, 0.29) is 24.6 Å². The van der Waals surface area contributed by atoms with E-state index in [9.17, 15) is 18.4 Å². The lowest BCUT2D eigenvalue weighted by Gasteiger charge is -2.21. The Kier molecular flexibility index (Phi) is 5.95. The minimum atomic E-state index is -0.845. The molecule has 0 unspecified atom stereocenters. The summed E-state index contributed by atoms with van der Waals surface area (Å²) in [6.45, 7) is 1.60. The maximum Gasteiger partial charge on any atom is 0.223 e. The molecule has 1 N–H and O–H groups in total. The number of halogens is 2. The number of nitrogens with zero attached hydrogens (tertiary/aromatic N) is 2. The number of carbonyl (C=O) groups is 2. The average molecular weight is 333 g/mol. The number of hydrogen-bond acceptors (Lipinski definition) is 3. The molecule has 24 heavy (non-hydrogen) atoms. The zero-order valence-corrected chi connectivity index (χ0v) is 13.1. The largest absolute Gasteiger partial charge is 0.352 e. The molecule has 0 atom stereocenters. The van der Waals surface area contributed by atoms with Gasteiger partial charge in [0.1, 0.15) is 11.6 Å². The normalized spacial score (nSPS) is 10.3. The van der Waals surface area contributed by atoms with E-state index in [4.69, 9.17) is 0 Å². The summed E-state index contributed by atoms with van der Waals surface area (Å²) in [6.07, 6.45) is 3.24. The van der Waals surface area contributed by atoms with Crippen molar-refractivity contribution in [2.45, 2.75) is 19.9 Å². The lowest BCUT2D eigenvalue weighted by molar-refractivity contribution is -0.121. The number of benzene rings is 1. The highest BCUT2D eigenvalue weighted by Crippen LogP contribution is 2.20. The maximum absolute atomic E-state index is 13.8. The zero-order chi connectivity index (χ0) is 17.5. The molecule has 5 nitrogen and oxygen atoms in total. The molecule has 0 aliphatic heterocycles. The number of aromatic nitrogens is 1. The van der Waals surface area contributed by atoms with Gasteiger partial charge in [0.05, 0.1) is 5.69 Å². The molecule has 2 aromatic rings. The minimum Gasteiger partial charge on any atom is -0.352 e. The van der Waals surface area contributed by atoms with Gasteiger partial charge >= 0.3 is 0 Å². The first kappa shape index (κ1) is 17.5. The molecule has 1 aromatic carbocycles. The molecule has 0 bridgehead atoms. The third-order valence-electron chi connectivity index (χ3n) is 3.38. The second-order valence-electron chi connectivity index (χ2n) is 5.15. The third kappa shape index (κ3) is 4.84. The molecule has 126 valence electrons. The summed E-state index contributed by atoms with van der Waals surface area (Å²) in [4.78, 5) is 28.6. The van der Waals surface area contributed by atoms with Crippen molar-refractivity contribution in [1.82, 2.24) is 10.3 Å². The molecule has 2 rings (SSSR count). The monoisotopic (exact) mass is 333 g/mol. The zero-order valence-electron chi connectivity index (χ0n) is 13.1. The van der Waals surface area contributed by atoms with Crippen LogP contribution in [0.25, 0.3) is 0 Å². The van der Waals surface area contributed by atoms with Crippen LogP contribution in [-0.2, 0) is 16.1 Å². The standard InChI is InChI=1S/C17H17F2N3O2/c1-12(23)22(16-3-2-14(18)10-15(16)19)9-6-17(24)21-11-13-4-7-20-8-5-13/h2-5,7-8,10H,6,9,11H2,1H3,(H,21,24). The van der Waals surface area contributed by atoms with Crippen LogP contribution in [0.4, 0.5) is 14.5 Å². The molecule has 0 spiro atoms. The molecule has 1 heterocycles. The first-order chi connectivity index (χ1) is 11.5. The van der Waals surface area contributed by atoms with Crippen LogP contribution in [0, 0.1) is 11.6 Å². The van der Waals surface area contributed by atoms with Gasteiger partial charge in [-0.2, -0.15) is 0 Å². The van der Waals surface area contributed by atoms with Gasteiger partial charge in [-0.15, -0.1) is 0 Å². The van der Waals surface area contributed by atoms with Gasteiger partial charge in [0.15, 0.2) is 0 Å². The Bertz CT molecular complexity index is 723. The van der Waals surface area contributed by atoms with Crippen LogP contribution in [0.15, 0.2) is 42.7 Å². The highest BCUT2D eigenvalue weighted by molar-refractivity contribution is 5.92. The summed E-state index contributed by atoms with van der Waals surface area (Å²) in [6, 6.07) is 6.50. The van der Waals surface area contributed by atoms with Crippen molar-refractivity contribution in [3.05, 3.63) is 59.9 Å². The van der Waals surface area contributed by atoms with E-state index in [1.807, 2.05) is 0 Å². The first-order valence-corrected chi connectivity index (χ1v) is 7.36. The van der Waals surface area contributed by atoms with Crippen LogP contribution >= 0.6 is 0 Å². The smallest absolute Gasteiger partial charge is 0.223 e. The summed E-state index contributed by atoms with van der Waals surface area (Å²) in [7, 11) is 0. The van der Waals surface area contributed by atoms with Crippen molar-refractivity contribution in [2.75, 3.05) is 11.4 Å². The second-order valence-corrected chi connectivity index (χ2v) is 5.15. The second kappa shape index (κ2) is 8.14. The minimum absolute atomic E-state index is 0.0000638. The Hall–Kier alpha value is -2.83. The quantitative estimate of drug-likeness (QED) is 0.883. The van der Waals surface area contributed by atoms with Crippen LogP contribution in [0.2, 0.25) is 0 Å². The highest BCUT2D eigenvalue weighted by Gasteiger charge is 2.17. The number of carbonyl (C=O) groups excluding carboxylic acids is 2. The number of anilines is 1. The van der Waals surface area contributed by atoms with E-state index < -0.39 is 17.5 Å². The molecular formula is C17H17F2N3O2. The van der Waals surface area contributed by atoms with Crippen LogP contribution in [-0.4, -0.2) is 23.3 Å². The lowest BCUT2D eigenvalue weighted by atomic mass is 10.2. The summed E-state index contributed by atoms with van der Waals surface area (Å²) >= 11 is 0. The van der Waals surface area contributed by atoms with Gasteiger partial charge in [-0.1, -0.05) is 0 Å². The van der Waals surface area contributed by atoms with E-state index in [2.05, 4.69) is 10.3 Å². The number of nitrogens with one attached hydrogen (secondary N) is 1. The van der Waals surface area contributed by atoms with E-state index in [0.717, 1.165) is 16.5 Å². The molecule has 7 heteroatoms. The van der Waals surface area contributed by atoms with Gasteiger partial charge in [0.2, 0.25) is 11.8 Å². The van der Waals surface area contributed by atoms with Crippen LogP contribution in [0.5, 0.6) is 0 Å². The van der Waals surface area contributed by atoms with Crippen molar-refractivity contribution in [3.63, 3.8) is 0 Å². The van der Waals surface area contributed by atoms with E-state index >= 15 is 0 Å².